The van der Waals surface area contributed by atoms with Gasteiger partial charge in [-0.25, -0.2) is 4.98 Å². The minimum atomic E-state index is -0.237. The number of aromatic nitrogens is 4. The third-order valence-electron chi connectivity index (χ3n) is 3.81. The number of aromatic amines is 1. The Morgan fingerprint density at radius 1 is 1.17 bits per heavy atom. The maximum atomic E-state index is 12.3. The highest BCUT2D eigenvalue weighted by Crippen LogP contribution is 2.19. The van der Waals surface area contributed by atoms with Crippen LogP contribution in [0.3, 0.4) is 0 Å². The standard InChI is InChI=1S/C18H21N5O/c1-12(2)23-10-9-15(22-23)18(24)20-13(3)17-19-11-16(21-17)14-7-5-4-6-8-14/h4-13H,1-3H3,(H,19,21)(H,20,24)/t13-/m1/s1. The van der Waals surface area contributed by atoms with Gasteiger partial charge < -0.3 is 10.3 Å². The van der Waals surface area contributed by atoms with Crippen LogP contribution < -0.4 is 5.32 Å². The monoisotopic (exact) mass is 323 g/mol. The molecule has 0 bridgehead atoms. The second kappa shape index (κ2) is 6.70. The number of H-pyrrole nitrogens is 1. The highest BCUT2D eigenvalue weighted by molar-refractivity contribution is 5.92. The number of nitrogens with one attached hydrogen (secondary N) is 2. The molecule has 0 aliphatic heterocycles. The van der Waals surface area contributed by atoms with E-state index in [-0.39, 0.29) is 18.0 Å². The average molecular weight is 323 g/mol. The molecule has 6 heteroatoms. The molecule has 0 aliphatic rings. The van der Waals surface area contributed by atoms with Gasteiger partial charge in [-0.1, -0.05) is 30.3 Å². The van der Waals surface area contributed by atoms with Crippen molar-refractivity contribution >= 4 is 5.91 Å². The first-order valence-corrected chi connectivity index (χ1v) is 8.01. The van der Waals surface area contributed by atoms with E-state index in [0.717, 1.165) is 11.3 Å². The van der Waals surface area contributed by atoms with Gasteiger partial charge in [0.25, 0.3) is 5.91 Å². The minimum Gasteiger partial charge on any atom is -0.341 e. The van der Waals surface area contributed by atoms with Crippen LogP contribution in [-0.4, -0.2) is 25.7 Å². The lowest BCUT2D eigenvalue weighted by atomic mass is 10.2. The Morgan fingerprint density at radius 2 is 1.92 bits per heavy atom. The highest BCUT2D eigenvalue weighted by atomic mass is 16.2. The highest BCUT2D eigenvalue weighted by Gasteiger charge is 2.16. The quantitative estimate of drug-likeness (QED) is 0.756. The summed E-state index contributed by atoms with van der Waals surface area (Å²) in [5, 5.41) is 7.20. The maximum Gasteiger partial charge on any atom is 0.272 e. The topological polar surface area (TPSA) is 75.6 Å². The Labute approximate surface area is 140 Å². The van der Waals surface area contributed by atoms with E-state index in [4.69, 9.17) is 0 Å². The number of carbonyl (C=O) groups is 1. The van der Waals surface area contributed by atoms with Crippen molar-refractivity contribution in [2.75, 3.05) is 0 Å². The van der Waals surface area contributed by atoms with Gasteiger partial charge in [0.2, 0.25) is 0 Å². The van der Waals surface area contributed by atoms with Gasteiger partial charge in [0.05, 0.1) is 17.9 Å². The summed E-state index contributed by atoms with van der Waals surface area (Å²) in [6.45, 7) is 5.93. The molecule has 0 fully saturated rings. The number of nitrogens with zero attached hydrogens (tertiary/aromatic N) is 3. The number of hydrogen-bond acceptors (Lipinski definition) is 3. The molecular formula is C18H21N5O. The van der Waals surface area contributed by atoms with Crippen molar-refractivity contribution in [3.63, 3.8) is 0 Å². The van der Waals surface area contributed by atoms with Crippen LogP contribution >= 0.6 is 0 Å². The molecule has 2 heterocycles. The molecule has 6 nitrogen and oxygen atoms in total. The third kappa shape index (κ3) is 3.37. The molecule has 0 aliphatic carbocycles. The van der Waals surface area contributed by atoms with Crippen LogP contribution in [0.1, 0.15) is 49.2 Å². The SMILES string of the molecule is CC(C)n1ccc(C(=O)N[C@H](C)c2ncc(-c3ccccc3)[nH]2)n1. The number of benzene rings is 1. The number of imidazole rings is 1. The summed E-state index contributed by atoms with van der Waals surface area (Å²) in [5.41, 5.74) is 2.40. The Balaban J connectivity index is 1.69. The third-order valence-corrected chi connectivity index (χ3v) is 3.81. The smallest absolute Gasteiger partial charge is 0.272 e. The molecule has 0 saturated heterocycles. The van der Waals surface area contributed by atoms with Crippen molar-refractivity contribution in [1.29, 1.82) is 0 Å². The molecule has 2 aromatic heterocycles. The number of carbonyl (C=O) groups excluding carboxylic acids is 1. The normalized spacial score (nSPS) is 12.3. The summed E-state index contributed by atoms with van der Waals surface area (Å²) in [4.78, 5) is 19.9. The minimum absolute atomic E-state index is 0.209. The lowest BCUT2D eigenvalue weighted by molar-refractivity contribution is 0.0932. The Morgan fingerprint density at radius 3 is 2.58 bits per heavy atom. The molecule has 0 saturated carbocycles. The van der Waals surface area contributed by atoms with Gasteiger partial charge in [-0.3, -0.25) is 9.48 Å². The first-order chi connectivity index (χ1) is 11.5. The summed E-state index contributed by atoms with van der Waals surface area (Å²) in [7, 11) is 0. The van der Waals surface area contributed by atoms with Crippen LogP contribution in [0.15, 0.2) is 48.8 Å². The summed E-state index contributed by atoms with van der Waals surface area (Å²) in [5.74, 6) is 0.505. The Bertz CT molecular complexity index is 819. The lowest BCUT2D eigenvalue weighted by Crippen LogP contribution is -2.28. The molecule has 2 N–H and O–H groups in total. The van der Waals surface area contributed by atoms with Crippen molar-refractivity contribution in [3.8, 4) is 11.3 Å². The van der Waals surface area contributed by atoms with Gasteiger partial charge in [0.15, 0.2) is 0 Å². The van der Waals surface area contributed by atoms with E-state index in [9.17, 15) is 4.79 Å². The zero-order valence-corrected chi connectivity index (χ0v) is 14.0. The second-order valence-corrected chi connectivity index (χ2v) is 6.02. The van der Waals surface area contributed by atoms with Crippen LogP contribution in [0, 0.1) is 0 Å². The molecule has 1 atom stereocenters. The lowest BCUT2D eigenvalue weighted by Gasteiger charge is -2.10. The van der Waals surface area contributed by atoms with Crippen LogP contribution in [0.2, 0.25) is 0 Å². The van der Waals surface area contributed by atoms with Crippen molar-refractivity contribution in [1.82, 2.24) is 25.1 Å². The molecule has 0 spiro atoms. The van der Waals surface area contributed by atoms with Crippen molar-refractivity contribution in [2.45, 2.75) is 32.9 Å². The number of amides is 1. The van der Waals surface area contributed by atoms with E-state index < -0.39 is 0 Å². The fourth-order valence-corrected chi connectivity index (χ4v) is 2.41. The van der Waals surface area contributed by atoms with E-state index in [1.54, 1.807) is 16.9 Å². The van der Waals surface area contributed by atoms with Crippen LogP contribution in [-0.2, 0) is 0 Å². The van der Waals surface area contributed by atoms with Gasteiger partial charge in [-0.2, -0.15) is 5.10 Å². The number of rotatable bonds is 5. The molecule has 1 amide bonds. The second-order valence-electron chi connectivity index (χ2n) is 6.02. The molecule has 0 unspecified atom stereocenters. The molecule has 1 aromatic carbocycles. The van der Waals surface area contributed by atoms with E-state index in [1.165, 1.54) is 0 Å². The largest absolute Gasteiger partial charge is 0.341 e. The fourth-order valence-electron chi connectivity index (χ4n) is 2.41. The van der Waals surface area contributed by atoms with Gasteiger partial charge >= 0.3 is 0 Å². The predicted molar refractivity (Wildman–Crippen MR) is 92.5 cm³/mol. The van der Waals surface area contributed by atoms with Crippen LogP contribution in [0.25, 0.3) is 11.3 Å². The maximum absolute atomic E-state index is 12.3. The molecule has 3 rings (SSSR count). The van der Waals surface area contributed by atoms with E-state index in [1.807, 2.05) is 57.3 Å². The summed E-state index contributed by atoms with van der Waals surface area (Å²) in [6.07, 6.45) is 3.59. The van der Waals surface area contributed by atoms with Crippen LogP contribution in [0.5, 0.6) is 0 Å². The molecule has 24 heavy (non-hydrogen) atoms. The van der Waals surface area contributed by atoms with Gasteiger partial charge in [-0.05, 0) is 32.4 Å². The van der Waals surface area contributed by atoms with Crippen LogP contribution in [0.4, 0.5) is 0 Å². The predicted octanol–water partition coefficient (Wildman–Crippen LogP) is 3.35. The molecule has 3 aromatic rings. The summed E-state index contributed by atoms with van der Waals surface area (Å²) >= 11 is 0. The van der Waals surface area contributed by atoms with E-state index in [2.05, 4.69) is 20.4 Å². The van der Waals surface area contributed by atoms with Crippen molar-refractivity contribution in [2.24, 2.45) is 0 Å². The Kier molecular flexibility index (Phi) is 4.46. The van der Waals surface area contributed by atoms with Gasteiger partial charge in [0, 0.05) is 12.2 Å². The van der Waals surface area contributed by atoms with Gasteiger partial charge in [0.1, 0.15) is 11.5 Å². The van der Waals surface area contributed by atoms with E-state index >= 15 is 0 Å². The molecule has 124 valence electrons. The average Bonchev–Trinajstić information content (AvgIpc) is 3.25. The zero-order chi connectivity index (χ0) is 17.1. The Hall–Kier alpha value is -2.89. The zero-order valence-electron chi connectivity index (χ0n) is 14.0. The summed E-state index contributed by atoms with van der Waals surface area (Å²) in [6, 6.07) is 11.7. The number of hydrogen-bond donors (Lipinski definition) is 2. The van der Waals surface area contributed by atoms with E-state index in [0.29, 0.717) is 11.5 Å². The first kappa shape index (κ1) is 16.0. The molecular weight excluding hydrogens is 302 g/mol. The summed E-state index contributed by atoms with van der Waals surface area (Å²) < 4.78 is 1.76. The first-order valence-electron chi connectivity index (χ1n) is 8.01. The van der Waals surface area contributed by atoms with Gasteiger partial charge in [-0.15, -0.1) is 0 Å². The fraction of sp³-hybridized carbons (Fsp3) is 0.278. The molecule has 0 radical (unpaired) electrons. The van der Waals surface area contributed by atoms with Crippen molar-refractivity contribution < 1.29 is 4.79 Å². The van der Waals surface area contributed by atoms with Crippen molar-refractivity contribution in [3.05, 3.63) is 60.3 Å².